The average molecular weight is 280 g/mol. The average Bonchev–Trinajstić information content (AvgIpc) is 2.86. The number of rotatable bonds is 6. The Morgan fingerprint density at radius 2 is 2.40 bits per heavy atom. The van der Waals surface area contributed by atoms with Crippen molar-refractivity contribution in [3.8, 4) is 0 Å². The zero-order chi connectivity index (χ0) is 14.6. The molecular formula is C16H28N2O2. The van der Waals surface area contributed by atoms with Crippen LogP contribution in [0.4, 0.5) is 0 Å². The zero-order valence-electron chi connectivity index (χ0n) is 13.0. The van der Waals surface area contributed by atoms with Gasteiger partial charge in [-0.2, -0.15) is 0 Å². The number of hydrogen-bond donors (Lipinski definition) is 1. The third-order valence-electron chi connectivity index (χ3n) is 4.65. The standard InChI is InChI=1S/C16H28N2O2/c1-4-9-18-10-8-17-15(18)11-14(19)16(20-3)7-5-6-13(2)12-16/h8,10,13-14,19H,4-7,9,11-12H2,1-3H3. The van der Waals surface area contributed by atoms with Gasteiger partial charge in [-0.1, -0.05) is 26.7 Å². The molecule has 1 N–H and O–H groups in total. The number of aromatic nitrogens is 2. The van der Waals surface area contributed by atoms with Crippen LogP contribution in [0.5, 0.6) is 0 Å². The quantitative estimate of drug-likeness (QED) is 0.871. The highest BCUT2D eigenvalue weighted by molar-refractivity contribution is 5.01. The maximum absolute atomic E-state index is 10.7. The lowest BCUT2D eigenvalue weighted by molar-refractivity contribution is -0.131. The Morgan fingerprint density at radius 3 is 3.05 bits per heavy atom. The number of aliphatic hydroxyl groups is 1. The molecule has 0 amide bonds. The van der Waals surface area contributed by atoms with Gasteiger partial charge >= 0.3 is 0 Å². The van der Waals surface area contributed by atoms with Gasteiger partial charge in [-0.15, -0.1) is 0 Å². The SMILES string of the molecule is CCCn1ccnc1CC(O)C1(OC)CCCC(C)C1. The van der Waals surface area contributed by atoms with Crippen LogP contribution < -0.4 is 0 Å². The van der Waals surface area contributed by atoms with Gasteiger partial charge in [0.25, 0.3) is 0 Å². The Hall–Kier alpha value is -0.870. The fourth-order valence-corrected chi connectivity index (χ4v) is 3.50. The minimum absolute atomic E-state index is 0.388. The number of aryl methyl sites for hydroxylation is 1. The molecular weight excluding hydrogens is 252 g/mol. The second-order valence-electron chi connectivity index (χ2n) is 6.23. The molecule has 1 fully saturated rings. The molecule has 4 nitrogen and oxygen atoms in total. The molecule has 0 saturated heterocycles. The number of hydrogen-bond acceptors (Lipinski definition) is 3. The molecule has 1 aromatic rings. The minimum Gasteiger partial charge on any atom is -0.390 e. The number of ether oxygens (including phenoxy) is 1. The highest BCUT2D eigenvalue weighted by atomic mass is 16.5. The van der Waals surface area contributed by atoms with E-state index in [1.165, 1.54) is 6.42 Å². The van der Waals surface area contributed by atoms with E-state index in [0.717, 1.165) is 38.1 Å². The Labute approximate surface area is 122 Å². The lowest BCUT2D eigenvalue weighted by Gasteiger charge is -2.42. The van der Waals surface area contributed by atoms with Crippen LogP contribution in [0, 0.1) is 5.92 Å². The summed E-state index contributed by atoms with van der Waals surface area (Å²) in [6, 6.07) is 0. The summed E-state index contributed by atoms with van der Waals surface area (Å²) in [6.45, 7) is 5.36. The summed E-state index contributed by atoms with van der Waals surface area (Å²) >= 11 is 0. The van der Waals surface area contributed by atoms with Crippen LogP contribution in [0.1, 0.15) is 51.8 Å². The maximum atomic E-state index is 10.7. The Bertz CT molecular complexity index is 418. The highest BCUT2D eigenvalue weighted by Crippen LogP contribution is 2.38. The largest absolute Gasteiger partial charge is 0.390 e. The predicted octanol–water partition coefficient (Wildman–Crippen LogP) is 2.79. The van der Waals surface area contributed by atoms with Crippen molar-refractivity contribution in [2.24, 2.45) is 5.92 Å². The fourth-order valence-electron chi connectivity index (χ4n) is 3.50. The molecule has 3 unspecified atom stereocenters. The smallest absolute Gasteiger partial charge is 0.111 e. The Balaban J connectivity index is 2.08. The van der Waals surface area contributed by atoms with Gasteiger partial charge in [0.15, 0.2) is 0 Å². The Morgan fingerprint density at radius 1 is 1.60 bits per heavy atom. The van der Waals surface area contributed by atoms with Crippen LogP contribution >= 0.6 is 0 Å². The van der Waals surface area contributed by atoms with Gasteiger partial charge in [0.1, 0.15) is 5.82 Å². The number of methoxy groups -OCH3 is 1. The van der Waals surface area contributed by atoms with Crippen LogP contribution in [-0.4, -0.2) is 33.5 Å². The van der Waals surface area contributed by atoms with E-state index in [1.807, 2.05) is 12.4 Å². The van der Waals surface area contributed by atoms with E-state index in [2.05, 4.69) is 23.4 Å². The summed E-state index contributed by atoms with van der Waals surface area (Å²) in [6.07, 6.45) is 9.25. The second-order valence-corrected chi connectivity index (χ2v) is 6.23. The van der Waals surface area contributed by atoms with Gasteiger partial charge in [-0.3, -0.25) is 0 Å². The first kappa shape index (κ1) is 15.5. The topological polar surface area (TPSA) is 47.3 Å². The van der Waals surface area contributed by atoms with E-state index in [1.54, 1.807) is 7.11 Å². The zero-order valence-corrected chi connectivity index (χ0v) is 13.0. The first-order chi connectivity index (χ1) is 9.61. The number of nitrogens with zero attached hydrogens (tertiary/aromatic N) is 2. The first-order valence-corrected chi connectivity index (χ1v) is 7.84. The van der Waals surface area contributed by atoms with Gasteiger partial charge in [0.2, 0.25) is 0 Å². The molecule has 20 heavy (non-hydrogen) atoms. The summed E-state index contributed by atoms with van der Waals surface area (Å²) in [5, 5.41) is 10.7. The van der Waals surface area contributed by atoms with Crippen LogP contribution in [0.25, 0.3) is 0 Å². The third-order valence-corrected chi connectivity index (χ3v) is 4.65. The Kier molecular flexibility index (Phi) is 5.22. The summed E-state index contributed by atoms with van der Waals surface area (Å²) in [5.41, 5.74) is -0.388. The molecule has 0 radical (unpaired) electrons. The van der Waals surface area contributed by atoms with Crippen LogP contribution in [-0.2, 0) is 17.7 Å². The maximum Gasteiger partial charge on any atom is 0.111 e. The highest BCUT2D eigenvalue weighted by Gasteiger charge is 2.41. The fraction of sp³-hybridized carbons (Fsp3) is 0.812. The molecule has 1 aliphatic rings. The summed E-state index contributed by atoms with van der Waals surface area (Å²) < 4.78 is 7.91. The van der Waals surface area contributed by atoms with Gasteiger partial charge in [0.05, 0.1) is 11.7 Å². The molecule has 1 heterocycles. The monoisotopic (exact) mass is 280 g/mol. The number of imidazole rings is 1. The van der Waals surface area contributed by atoms with Gasteiger partial charge in [-0.25, -0.2) is 4.98 Å². The van der Waals surface area contributed by atoms with Crippen molar-refractivity contribution in [2.45, 2.75) is 70.6 Å². The van der Waals surface area contributed by atoms with Crippen LogP contribution in [0.2, 0.25) is 0 Å². The van der Waals surface area contributed by atoms with Crippen molar-refractivity contribution in [1.29, 1.82) is 0 Å². The molecule has 1 aliphatic carbocycles. The van der Waals surface area contributed by atoms with Crippen molar-refractivity contribution >= 4 is 0 Å². The second kappa shape index (κ2) is 6.72. The molecule has 114 valence electrons. The van der Waals surface area contributed by atoms with Crippen molar-refractivity contribution in [3.05, 3.63) is 18.2 Å². The van der Waals surface area contributed by atoms with E-state index in [0.29, 0.717) is 12.3 Å². The van der Waals surface area contributed by atoms with Gasteiger partial charge < -0.3 is 14.4 Å². The third kappa shape index (κ3) is 3.23. The van der Waals surface area contributed by atoms with Gasteiger partial charge in [-0.05, 0) is 25.2 Å². The molecule has 1 aromatic heterocycles. The molecule has 1 saturated carbocycles. The van der Waals surface area contributed by atoms with E-state index in [9.17, 15) is 5.11 Å². The molecule has 4 heteroatoms. The van der Waals surface area contributed by atoms with Crippen molar-refractivity contribution in [1.82, 2.24) is 9.55 Å². The lowest BCUT2D eigenvalue weighted by Crippen LogP contribution is -2.48. The summed E-state index contributed by atoms with van der Waals surface area (Å²) in [7, 11) is 1.74. The van der Waals surface area contributed by atoms with E-state index in [4.69, 9.17) is 4.74 Å². The van der Waals surface area contributed by atoms with Crippen LogP contribution in [0.3, 0.4) is 0 Å². The molecule has 2 rings (SSSR count). The van der Waals surface area contributed by atoms with Crippen LogP contribution in [0.15, 0.2) is 12.4 Å². The molecule has 0 spiro atoms. The minimum atomic E-state index is -0.478. The van der Waals surface area contributed by atoms with Crippen molar-refractivity contribution < 1.29 is 9.84 Å². The van der Waals surface area contributed by atoms with E-state index in [-0.39, 0.29) is 5.60 Å². The molecule has 0 aromatic carbocycles. The lowest BCUT2D eigenvalue weighted by atomic mass is 9.75. The van der Waals surface area contributed by atoms with Gasteiger partial charge in [0, 0.05) is 32.5 Å². The normalized spacial score (nSPS) is 28.5. The van der Waals surface area contributed by atoms with E-state index >= 15 is 0 Å². The first-order valence-electron chi connectivity index (χ1n) is 7.84. The molecule has 0 bridgehead atoms. The van der Waals surface area contributed by atoms with Crippen molar-refractivity contribution in [3.63, 3.8) is 0 Å². The molecule has 3 atom stereocenters. The molecule has 0 aliphatic heterocycles. The predicted molar refractivity (Wildman–Crippen MR) is 79.6 cm³/mol. The van der Waals surface area contributed by atoms with Crippen molar-refractivity contribution in [2.75, 3.05) is 7.11 Å². The summed E-state index contributed by atoms with van der Waals surface area (Å²) in [4.78, 5) is 4.40. The summed E-state index contributed by atoms with van der Waals surface area (Å²) in [5.74, 6) is 1.59. The number of aliphatic hydroxyl groups excluding tert-OH is 1. The van der Waals surface area contributed by atoms with E-state index < -0.39 is 6.10 Å².